The molecule has 4 fully saturated rings. The van der Waals surface area contributed by atoms with Crippen molar-refractivity contribution in [2.75, 3.05) is 0 Å². The molecule has 0 aliphatic heterocycles. The van der Waals surface area contributed by atoms with Crippen LogP contribution in [-0.4, -0.2) is 16.5 Å². The van der Waals surface area contributed by atoms with E-state index in [0.717, 1.165) is 55.3 Å². The summed E-state index contributed by atoms with van der Waals surface area (Å²) in [6.07, 6.45) is 12.5. The van der Waals surface area contributed by atoms with E-state index in [1.54, 1.807) is 11.3 Å². The maximum Gasteiger partial charge on any atom is 0.141 e. The second-order valence-electron chi connectivity index (χ2n) is 11.2. The zero-order valence-corrected chi connectivity index (χ0v) is 19.1. The highest BCUT2D eigenvalue weighted by molar-refractivity contribution is 7.10. The molecule has 5 rings (SSSR count). The summed E-state index contributed by atoms with van der Waals surface area (Å²) in [6, 6.07) is 4.19. The maximum atomic E-state index is 13.2. The van der Waals surface area contributed by atoms with Gasteiger partial charge in [0.25, 0.3) is 0 Å². The average Bonchev–Trinajstić information content (AvgIpc) is 3.34. The van der Waals surface area contributed by atoms with E-state index < -0.39 is 0 Å². The van der Waals surface area contributed by atoms with Gasteiger partial charge < -0.3 is 5.11 Å². The maximum absolute atomic E-state index is 13.2. The fraction of sp³-hybridized carbons (Fsp3) is 0.808. The van der Waals surface area contributed by atoms with Crippen molar-refractivity contribution in [3.8, 4) is 0 Å². The van der Waals surface area contributed by atoms with Crippen LogP contribution >= 0.6 is 11.3 Å². The standard InChI is InChI=1S/C26H38O2S/c1-3-26(28)13-11-19-17(16-26)6-7-21-20(19)10-12-25(2)22(21)8-9-23(25)24(27)15-18-5-4-14-29-18/h4-5,14,17,19-23,28H,3,6-13,15-16H2,1-2H3/t17-,19+,20-,21-,22+,23-,25+,26-/m1/s1. The molecule has 0 unspecified atom stereocenters. The van der Waals surface area contributed by atoms with Crippen molar-refractivity contribution in [3.05, 3.63) is 22.4 Å². The van der Waals surface area contributed by atoms with E-state index in [1.165, 1.54) is 43.4 Å². The zero-order chi connectivity index (χ0) is 20.2. The van der Waals surface area contributed by atoms with Crippen LogP contribution in [0.15, 0.2) is 17.5 Å². The van der Waals surface area contributed by atoms with Crippen LogP contribution in [0.3, 0.4) is 0 Å². The van der Waals surface area contributed by atoms with Crippen molar-refractivity contribution in [2.45, 2.75) is 90.1 Å². The molecule has 29 heavy (non-hydrogen) atoms. The van der Waals surface area contributed by atoms with Gasteiger partial charge in [0.05, 0.1) is 5.60 Å². The normalized spacial score (nSPS) is 46.6. The molecule has 4 aliphatic carbocycles. The van der Waals surface area contributed by atoms with Crippen molar-refractivity contribution in [1.82, 2.24) is 0 Å². The lowest BCUT2D eigenvalue weighted by Gasteiger charge is -2.57. The number of ketones is 1. The number of carbonyl (C=O) groups excluding carboxylic acids is 1. The molecule has 0 aromatic carbocycles. The number of hydrogen-bond acceptors (Lipinski definition) is 3. The first-order valence-corrected chi connectivity index (χ1v) is 13.1. The van der Waals surface area contributed by atoms with Crippen LogP contribution in [0.1, 0.15) is 82.9 Å². The third kappa shape index (κ3) is 3.35. The molecule has 1 N–H and O–H groups in total. The van der Waals surface area contributed by atoms with Crippen LogP contribution in [0.4, 0.5) is 0 Å². The second-order valence-corrected chi connectivity index (χ2v) is 12.2. The molecule has 4 aliphatic rings. The predicted molar refractivity (Wildman–Crippen MR) is 119 cm³/mol. The van der Waals surface area contributed by atoms with Crippen molar-refractivity contribution >= 4 is 17.1 Å². The highest BCUT2D eigenvalue weighted by atomic mass is 32.1. The molecule has 1 aromatic rings. The SMILES string of the molecule is CC[C@@]1(O)CC[C@H]2[C@H](CC[C@@H]3[C@@H]2CC[C@]2(C)[C@@H](C(=O)Cc4cccs4)CC[C@@H]32)C1. The summed E-state index contributed by atoms with van der Waals surface area (Å²) in [5.74, 6) is 4.83. The minimum Gasteiger partial charge on any atom is -0.390 e. The average molecular weight is 415 g/mol. The van der Waals surface area contributed by atoms with Crippen LogP contribution < -0.4 is 0 Å². The predicted octanol–water partition coefficient (Wildman–Crippen LogP) is 6.27. The molecule has 0 amide bonds. The van der Waals surface area contributed by atoms with Crippen LogP contribution in [0.5, 0.6) is 0 Å². The van der Waals surface area contributed by atoms with Gasteiger partial charge in [-0.1, -0.05) is 19.9 Å². The van der Waals surface area contributed by atoms with Gasteiger partial charge in [0, 0.05) is 17.2 Å². The van der Waals surface area contributed by atoms with E-state index in [2.05, 4.69) is 31.4 Å². The Hall–Kier alpha value is -0.670. The number of fused-ring (bicyclic) bond motifs is 5. The number of aliphatic hydroxyl groups is 1. The molecular weight excluding hydrogens is 376 g/mol. The van der Waals surface area contributed by atoms with Crippen LogP contribution in [0, 0.1) is 40.9 Å². The molecule has 1 heterocycles. The summed E-state index contributed by atoms with van der Waals surface area (Å²) < 4.78 is 0. The van der Waals surface area contributed by atoms with Crippen LogP contribution in [-0.2, 0) is 11.2 Å². The molecule has 4 saturated carbocycles. The number of hydrogen-bond donors (Lipinski definition) is 1. The molecule has 0 bridgehead atoms. The molecule has 2 nitrogen and oxygen atoms in total. The summed E-state index contributed by atoms with van der Waals surface area (Å²) in [5.41, 5.74) is -0.148. The molecular formula is C26H38O2S. The summed E-state index contributed by atoms with van der Waals surface area (Å²) >= 11 is 1.73. The first-order valence-electron chi connectivity index (χ1n) is 12.2. The quantitative estimate of drug-likeness (QED) is 0.630. The Morgan fingerprint density at radius 2 is 1.93 bits per heavy atom. The second kappa shape index (κ2) is 7.48. The van der Waals surface area contributed by atoms with Gasteiger partial charge in [0.1, 0.15) is 5.78 Å². The van der Waals surface area contributed by atoms with Crippen LogP contribution in [0.2, 0.25) is 0 Å². The third-order valence-electron chi connectivity index (χ3n) is 10.1. The molecule has 8 atom stereocenters. The fourth-order valence-corrected chi connectivity index (χ4v) is 9.24. The largest absolute Gasteiger partial charge is 0.390 e. The van der Waals surface area contributed by atoms with Gasteiger partial charge in [0.2, 0.25) is 0 Å². The lowest BCUT2D eigenvalue weighted by atomic mass is 9.48. The number of carbonyl (C=O) groups is 1. The van der Waals surface area contributed by atoms with E-state index in [9.17, 15) is 9.90 Å². The van der Waals surface area contributed by atoms with Gasteiger partial charge in [-0.3, -0.25) is 4.79 Å². The number of rotatable bonds is 4. The Labute approximate surface area is 180 Å². The Balaban J connectivity index is 1.31. The monoisotopic (exact) mass is 414 g/mol. The Morgan fingerprint density at radius 3 is 2.69 bits per heavy atom. The Kier molecular flexibility index (Phi) is 5.22. The van der Waals surface area contributed by atoms with Crippen molar-refractivity contribution < 1.29 is 9.90 Å². The van der Waals surface area contributed by atoms with E-state index in [4.69, 9.17) is 0 Å². The number of thiophene rings is 1. The third-order valence-corrected chi connectivity index (χ3v) is 11.0. The lowest BCUT2D eigenvalue weighted by Crippen LogP contribution is -2.51. The highest BCUT2D eigenvalue weighted by Gasteiger charge is 2.58. The van der Waals surface area contributed by atoms with Crippen molar-refractivity contribution in [3.63, 3.8) is 0 Å². The highest BCUT2D eigenvalue weighted by Crippen LogP contribution is 2.64. The Bertz CT molecular complexity index is 742. The zero-order valence-electron chi connectivity index (χ0n) is 18.2. The van der Waals surface area contributed by atoms with Gasteiger partial charge in [-0.25, -0.2) is 0 Å². The van der Waals surface area contributed by atoms with Crippen LogP contribution in [0.25, 0.3) is 0 Å². The summed E-state index contributed by atoms with van der Waals surface area (Å²) in [5, 5.41) is 13.0. The van der Waals surface area contributed by atoms with E-state index in [1.807, 2.05) is 0 Å². The van der Waals surface area contributed by atoms with E-state index in [-0.39, 0.29) is 16.9 Å². The van der Waals surface area contributed by atoms with Crippen molar-refractivity contribution in [1.29, 1.82) is 0 Å². The molecule has 0 spiro atoms. The fourth-order valence-electron chi connectivity index (χ4n) is 8.52. The minimum absolute atomic E-state index is 0.237. The smallest absolute Gasteiger partial charge is 0.141 e. The van der Waals surface area contributed by atoms with Gasteiger partial charge in [-0.05, 0) is 111 Å². The Morgan fingerprint density at radius 1 is 1.10 bits per heavy atom. The van der Waals surface area contributed by atoms with E-state index >= 15 is 0 Å². The minimum atomic E-state index is -0.385. The molecule has 160 valence electrons. The molecule has 1 aromatic heterocycles. The molecule has 0 saturated heterocycles. The van der Waals surface area contributed by atoms with Gasteiger partial charge >= 0.3 is 0 Å². The van der Waals surface area contributed by atoms with Gasteiger partial charge in [-0.15, -0.1) is 11.3 Å². The molecule has 0 radical (unpaired) electrons. The van der Waals surface area contributed by atoms with Crippen molar-refractivity contribution in [2.24, 2.45) is 40.9 Å². The van der Waals surface area contributed by atoms with Gasteiger partial charge in [0.15, 0.2) is 0 Å². The topological polar surface area (TPSA) is 37.3 Å². The molecule has 3 heteroatoms. The summed E-state index contributed by atoms with van der Waals surface area (Å²) in [6.45, 7) is 4.63. The summed E-state index contributed by atoms with van der Waals surface area (Å²) in [4.78, 5) is 14.5. The van der Waals surface area contributed by atoms with E-state index in [0.29, 0.717) is 12.2 Å². The number of Topliss-reactive ketones (excluding diaryl/α,β-unsaturated/α-hetero) is 1. The lowest BCUT2D eigenvalue weighted by molar-refractivity contribution is -0.132. The first-order chi connectivity index (χ1) is 13.9. The first kappa shape index (κ1) is 20.2. The van der Waals surface area contributed by atoms with Gasteiger partial charge in [-0.2, -0.15) is 0 Å². The summed E-state index contributed by atoms with van der Waals surface area (Å²) in [7, 11) is 0.